The van der Waals surface area contributed by atoms with E-state index >= 15 is 0 Å². The maximum absolute atomic E-state index is 12.7. The Balaban J connectivity index is 1.46. The monoisotopic (exact) mass is 345 g/mol. The first-order valence-electron chi connectivity index (χ1n) is 9.17. The van der Waals surface area contributed by atoms with Gasteiger partial charge in [0.15, 0.2) is 11.5 Å². The fraction of sp³-hybridized carbons (Fsp3) is 0.650. The van der Waals surface area contributed by atoms with Crippen LogP contribution in [0.3, 0.4) is 0 Å². The molecule has 4 aliphatic carbocycles. The Kier molecular flexibility index (Phi) is 3.95. The molecule has 0 spiro atoms. The first kappa shape index (κ1) is 16.7. The van der Waals surface area contributed by atoms with Crippen LogP contribution < -0.4 is 14.8 Å². The molecule has 0 aliphatic heterocycles. The largest absolute Gasteiger partial charge is 0.493 e. The van der Waals surface area contributed by atoms with E-state index in [0.717, 1.165) is 32.1 Å². The Morgan fingerprint density at radius 2 is 1.84 bits per heavy atom. The fourth-order valence-electron chi connectivity index (χ4n) is 6.07. The summed E-state index contributed by atoms with van der Waals surface area (Å²) in [5.74, 6) is 2.46. The van der Waals surface area contributed by atoms with Crippen molar-refractivity contribution >= 4 is 11.6 Å². The summed E-state index contributed by atoms with van der Waals surface area (Å²) in [5.41, 5.74) is 0.179. The molecule has 0 heterocycles. The fourth-order valence-corrected chi connectivity index (χ4v) is 6.07. The Hall–Kier alpha value is -1.75. The van der Waals surface area contributed by atoms with E-state index in [-0.39, 0.29) is 11.3 Å². The van der Waals surface area contributed by atoms with Crippen LogP contribution in [0.1, 0.15) is 44.9 Å². The molecule has 1 aromatic rings. The first-order valence-corrected chi connectivity index (χ1v) is 9.17. The van der Waals surface area contributed by atoms with Crippen molar-refractivity contribution in [1.82, 2.24) is 0 Å². The van der Waals surface area contributed by atoms with Gasteiger partial charge in [-0.25, -0.2) is 0 Å². The van der Waals surface area contributed by atoms with Crippen molar-refractivity contribution in [3.63, 3.8) is 0 Å². The second kappa shape index (κ2) is 5.90. The highest BCUT2D eigenvalue weighted by Gasteiger charge is 2.57. The van der Waals surface area contributed by atoms with Gasteiger partial charge in [-0.1, -0.05) is 0 Å². The molecule has 5 nitrogen and oxygen atoms in total. The SMILES string of the molecule is COc1ccc(NC(=O)CC23CC4CC(CC(O)(C4)C2)C3)cc1OC. The minimum atomic E-state index is -0.520. The van der Waals surface area contributed by atoms with Gasteiger partial charge < -0.3 is 19.9 Å². The third kappa shape index (κ3) is 3.10. The lowest BCUT2D eigenvalue weighted by atomic mass is 9.47. The summed E-state index contributed by atoms with van der Waals surface area (Å²) < 4.78 is 10.5. The Morgan fingerprint density at radius 1 is 1.16 bits per heavy atom. The lowest BCUT2D eigenvalue weighted by molar-refractivity contribution is -0.167. The number of hydrogen-bond acceptors (Lipinski definition) is 4. The van der Waals surface area contributed by atoms with Crippen LogP contribution in [0.4, 0.5) is 5.69 Å². The number of hydrogen-bond donors (Lipinski definition) is 2. The zero-order valence-corrected chi connectivity index (χ0v) is 15.0. The summed E-state index contributed by atoms with van der Waals surface area (Å²) in [4.78, 5) is 12.7. The minimum absolute atomic E-state index is 0.0144. The first-order chi connectivity index (χ1) is 11.9. The Morgan fingerprint density at radius 3 is 2.44 bits per heavy atom. The van der Waals surface area contributed by atoms with Gasteiger partial charge in [0.1, 0.15) is 0 Å². The number of carbonyl (C=O) groups is 1. The molecular formula is C20H27NO4. The summed E-state index contributed by atoms with van der Waals surface area (Å²) in [7, 11) is 3.17. The van der Waals surface area contributed by atoms with E-state index in [1.54, 1.807) is 26.4 Å². The van der Waals surface area contributed by atoms with E-state index in [0.29, 0.717) is 35.4 Å². The molecule has 2 N–H and O–H groups in total. The normalized spacial score (nSPS) is 35.5. The zero-order chi connectivity index (χ0) is 17.7. The van der Waals surface area contributed by atoms with Crippen LogP contribution in [0.15, 0.2) is 18.2 Å². The maximum Gasteiger partial charge on any atom is 0.224 e. The number of nitrogens with one attached hydrogen (secondary N) is 1. The van der Waals surface area contributed by atoms with Crippen LogP contribution >= 0.6 is 0 Å². The number of carbonyl (C=O) groups excluding carboxylic acids is 1. The Labute approximate surface area is 148 Å². The molecule has 2 atom stereocenters. The molecule has 136 valence electrons. The van der Waals surface area contributed by atoms with Gasteiger partial charge in [-0.3, -0.25) is 4.79 Å². The number of anilines is 1. The van der Waals surface area contributed by atoms with E-state index in [1.165, 1.54) is 6.42 Å². The van der Waals surface area contributed by atoms with Crippen molar-refractivity contribution in [3.05, 3.63) is 18.2 Å². The minimum Gasteiger partial charge on any atom is -0.493 e. The average Bonchev–Trinajstić information content (AvgIpc) is 2.51. The van der Waals surface area contributed by atoms with Crippen LogP contribution in [0.2, 0.25) is 0 Å². The molecule has 4 fully saturated rings. The molecule has 2 unspecified atom stereocenters. The lowest BCUT2D eigenvalue weighted by Gasteiger charge is -2.60. The van der Waals surface area contributed by atoms with Gasteiger partial charge >= 0.3 is 0 Å². The Bertz CT molecular complexity index is 672. The number of aliphatic hydroxyl groups is 1. The van der Waals surface area contributed by atoms with Crippen molar-refractivity contribution in [2.75, 3.05) is 19.5 Å². The topological polar surface area (TPSA) is 67.8 Å². The van der Waals surface area contributed by atoms with E-state index in [1.807, 2.05) is 6.07 Å². The average molecular weight is 345 g/mol. The number of methoxy groups -OCH3 is 2. The highest BCUT2D eigenvalue weighted by molar-refractivity contribution is 5.91. The van der Waals surface area contributed by atoms with E-state index in [4.69, 9.17) is 9.47 Å². The van der Waals surface area contributed by atoms with Gasteiger partial charge in [0.2, 0.25) is 5.91 Å². The molecule has 5 heteroatoms. The quantitative estimate of drug-likeness (QED) is 0.859. The smallest absolute Gasteiger partial charge is 0.224 e. The molecule has 1 amide bonds. The summed E-state index contributed by atoms with van der Waals surface area (Å²) in [5, 5.41) is 13.8. The van der Waals surface area contributed by atoms with Crippen LogP contribution in [0.5, 0.6) is 11.5 Å². The van der Waals surface area contributed by atoms with Gasteiger partial charge in [-0.2, -0.15) is 0 Å². The molecule has 0 radical (unpaired) electrons. The number of amides is 1. The number of rotatable bonds is 5. The molecule has 25 heavy (non-hydrogen) atoms. The standard InChI is InChI=1S/C20H27NO4/c1-24-16-4-3-15(6-17(16)25-2)21-18(22)11-19-7-13-5-14(8-19)10-20(23,9-13)12-19/h3-4,6,13-14,23H,5,7-12H2,1-2H3,(H,21,22). The molecule has 4 saturated carbocycles. The predicted octanol–water partition coefficient (Wildman–Crippen LogP) is 3.36. The molecular weight excluding hydrogens is 318 g/mol. The van der Waals surface area contributed by atoms with Crippen LogP contribution in [0.25, 0.3) is 0 Å². The number of ether oxygens (including phenoxy) is 2. The summed E-state index contributed by atoms with van der Waals surface area (Å²) in [6.45, 7) is 0. The predicted molar refractivity (Wildman–Crippen MR) is 94.9 cm³/mol. The van der Waals surface area contributed by atoms with Crippen molar-refractivity contribution < 1.29 is 19.4 Å². The molecule has 4 bridgehead atoms. The highest BCUT2D eigenvalue weighted by atomic mass is 16.5. The van der Waals surface area contributed by atoms with Crippen LogP contribution in [-0.2, 0) is 4.79 Å². The third-order valence-corrected chi connectivity index (χ3v) is 6.35. The zero-order valence-electron chi connectivity index (χ0n) is 15.0. The second-order valence-corrected chi connectivity index (χ2v) is 8.48. The van der Waals surface area contributed by atoms with Crippen molar-refractivity contribution in [1.29, 1.82) is 0 Å². The van der Waals surface area contributed by atoms with E-state index in [9.17, 15) is 9.90 Å². The van der Waals surface area contributed by atoms with Gasteiger partial charge in [0.25, 0.3) is 0 Å². The summed E-state index contributed by atoms with van der Waals surface area (Å²) >= 11 is 0. The highest BCUT2D eigenvalue weighted by Crippen LogP contribution is 2.62. The van der Waals surface area contributed by atoms with Gasteiger partial charge in [0.05, 0.1) is 19.8 Å². The van der Waals surface area contributed by atoms with E-state index in [2.05, 4.69) is 5.32 Å². The van der Waals surface area contributed by atoms with Crippen molar-refractivity contribution in [3.8, 4) is 11.5 Å². The lowest BCUT2D eigenvalue weighted by Crippen LogP contribution is -2.56. The molecule has 0 aromatic heterocycles. The maximum atomic E-state index is 12.7. The molecule has 1 aromatic carbocycles. The molecule has 0 saturated heterocycles. The summed E-state index contributed by atoms with van der Waals surface area (Å²) in [6, 6.07) is 5.40. The van der Waals surface area contributed by atoms with Gasteiger partial charge in [0, 0.05) is 18.2 Å². The van der Waals surface area contributed by atoms with Gasteiger partial charge in [-0.05, 0) is 67.9 Å². The number of benzene rings is 1. The van der Waals surface area contributed by atoms with Crippen molar-refractivity contribution in [2.45, 2.75) is 50.5 Å². The van der Waals surface area contributed by atoms with E-state index < -0.39 is 5.60 Å². The van der Waals surface area contributed by atoms with Gasteiger partial charge in [-0.15, -0.1) is 0 Å². The third-order valence-electron chi connectivity index (χ3n) is 6.35. The van der Waals surface area contributed by atoms with Crippen molar-refractivity contribution in [2.24, 2.45) is 17.3 Å². The molecule has 4 aliphatic rings. The molecule has 5 rings (SSSR count). The van der Waals surface area contributed by atoms with Crippen LogP contribution in [-0.4, -0.2) is 30.8 Å². The summed E-state index contributed by atoms with van der Waals surface area (Å²) in [6.07, 6.45) is 6.56. The van der Waals surface area contributed by atoms with Crippen LogP contribution in [0, 0.1) is 17.3 Å². The second-order valence-electron chi connectivity index (χ2n) is 8.48.